The van der Waals surface area contributed by atoms with Crippen molar-refractivity contribution in [3.63, 3.8) is 0 Å². The number of nitrogens with two attached hydrogens (primary N) is 1. The molecule has 1 aliphatic rings. The summed E-state index contributed by atoms with van der Waals surface area (Å²) in [7, 11) is 0. The van der Waals surface area contributed by atoms with Crippen molar-refractivity contribution in [1.29, 1.82) is 0 Å². The molecule has 3 N–H and O–H groups in total. The fourth-order valence-electron chi connectivity index (χ4n) is 1.16. The summed E-state index contributed by atoms with van der Waals surface area (Å²) in [6.45, 7) is 0. The van der Waals surface area contributed by atoms with E-state index < -0.39 is 5.72 Å². The van der Waals surface area contributed by atoms with Crippen LogP contribution in [-0.2, 0) is 0 Å². The Morgan fingerprint density at radius 1 is 1.11 bits per heavy atom. The van der Waals surface area contributed by atoms with Gasteiger partial charge in [0.1, 0.15) is 5.72 Å². The van der Waals surface area contributed by atoms with E-state index in [-0.39, 0.29) is 12.4 Å². The number of hydrogen-bond acceptors (Lipinski definition) is 2. The Morgan fingerprint density at radius 2 is 1.56 bits per heavy atom. The van der Waals surface area contributed by atoms with Crippen LogP contribution in [0, 0.1) is 0 Å². The average molecular weight is 152 g/mol. The third-order valence-corrected chi connectivity index (χ3v) is 1.72. The second-order valence-electron chi connectivity index (χ2n) is 2.66. The molecule has 0 aromatic rings. The van der Waals surface area contributed by atoms with Crippen LogP contribution in [-0.4, -0.2) is 10.8 Å². The zero-order valence-electron chi connectivity index (χ0n) is 5.47. The van der Waals surface area contributed by atoms with Crippen molar-refractivity contribution in [2.24, 2.45) is 5.73 Å². The van der Waals surface area contributed by atoms with Crippen LogP contribution >= 0.6 is 12.4 Å². The van der Waals surface area contributed by atoms with Gasteiger partial charge in [0.2, 0.25) is 0 Å². The second-order valence-corrected chi connectivity index (χ2v) is 2.66. The van der Waals surface area contributed by atoms with Gasteiger partial charge in [-0.1, -0.05) is 6.42 Å². The van der Waals surface area contributed by atoms with E-state index in [2.05, 4.69) is 0 Å². The zero-order valence-corrected chi connectivity index (χ0v) is 6.28. The normalized spacial score (nSPS) is 24.7. The van der Waals surface area contributed by atoms with Crippen LogP contribution in [0.2, 0.25) is 0 Å². The first kappa shape index (κ1) is 9.21. The summed E-state index contributed by atoms with van der Waals surface area (Å²) in [6, 6.07) is 0. The van der Waals surface area contributed by atoms with Crippen molar-refractivity contribution >= 4 is 12.4 Å². The molecule has 56 valence electrons. The molecular formula is C6H14ClNO. The molecule has 9 heavy (non-hydrogen) atoms. The number of aliphatic hydroxyl groups is 1. The second kappa shape index (κ2) is 3.40. The molecule has 0 amide bonds. The Balaban J connectivity index is 0.000000640. The van der Waals surface area contributed by atoms with Crippen LogP contribution in [0.3, 0.4) is 0 Å². The lowest BCUT2D eigenvalue weighted by Gasteiger charge is -2.26. The van der Waals surface area contributed by atoms with E-state index in [1.54, 1.807) is 0 Å². The predicted molar refractivity (Wildman–Crippen MR) is 39.5 cm³/mol. The molecule has 0 saturated heterocycles. The van der Waals surface area contributed by atoms with Crippen LogP contribution < -0.4 is 5.73 Å². The molecule has 0 spiro atoms. The molecule has 0 aliphatic heterocycles. The highest BCUT2D eigenvalue weighted by Crippen LogP contribution is 2.22. The maximum absolute atomic E-state index is 9.15. The van der Waals surface area contributed by atoms with Crippen LogP contribution in [0.5, 0.6) is 0 Å². The van der Waals surface area contributed by atoms with Crippen molar-refractivity contribution in [3.05, 3.63) is 0 Å². The van der Waals surface area contributed by atoms with E-state index in [1.165, 1.54) is 6.42 Å². The number of halogens is 1. The minimum atomic E-state index is -0.821. The molecule has 1 rings (SSSR count). The summed E-state index contributed by atoms with van der Waals surface area (Å²) in [6.07, 6.45) is 4.99. The molecule has 0 aromatic carbocycles. The van der Waals surface area contributed by atoms with Gasteiger partial charge in [-0.2, -0.15) is 0 Å². The Hall–Kier alpha value is 0.210. The maximum Gasteiger partial charge on any atom is 0.113 e. The molecule has 1 fully saturated rings. The monoisotopic (exact) mass is 151 g/mol. The topological polar surface area (TPSA) is 46.2 Å². The Kier molecular flexibility index (Phi) is 3.48. The van der Waals surface area contributed by atoms with E-state index in [0.29, 0.717) is 0 Å². The Labute approximate surface area is 61.8 Å². The largest absolute Gasteiger partial charge is 0.376 e. The van der Waals surface area contributed by atoms with Gasteiger partial charge in [0.25, 0.3) is 0 Å². The molecule has 3 heteroatoms. The highest BCUT2D eigenvalue weighted by molar-refractivity contribution is 5.85. The van der Waals surface area contributed by atoms with Gasteiger partial charge in [-0.25, -0.2) is 0 Å². The number of rotatable bonds is 0. The van der Waals surface area contributed by atoms with Gasteiger partial charge in [0.05, 0.1) is 0 Å². The Morgan fingerprint density at radius 3 is 1.78 bits per heavy atom. The molecular weight excluding hydrogens is 138 g/mol. The summed E-state index contributed by atoms with van der Waals surface area (Å²) in [5.41, 5.74) is 4.61. The number of hydrogen-bond donors (Lipinski definition) is 2. The molecule has 2 nitrogen and oxygen atoms in total. The molecule has 0 bridgehead atoms. The van der Waals surface area contributed by atoms with Gasteiger partial charge >= 0.3 is 0 Å². The van der Waals surface area contributed by atoms with Crippen molar-refractivity contribution in [2.45, 2.75) is 37.8 Å². The van der Waals surface area contributed by atoms with Crippen LogP contribution in [0.4, 0.5) is 0 Å². The SMILES string of the molecule is Cl.NC1(O)CCCCC1. The fourth-order valence-corrected chi connectivity index (χ4v) is 1.16. The first-order valence-corrected chi connectivity index (χ1v) is 3.22. The molecule has 1 aliphatic carbocycles. The average Bonchev–Trinajstić information content (AvgIpc) is 1.65. The smallest absolute Gasteiger partial charge is 0.113 e. The van der Waals surface area contributed by atoms with E-state index in [4.69, 9.17) is 10.8 Å². The summed E-state index contributed by atoms with van der Waals surface area (Å²) < 4.78 is 0. The molecule has 1 saturated carbocycles. The lowest BCUT2D eigenvalue weighted by atomic mass is 9.93. The summed E-state index contributed by atoms with van der Waals surface area (Å²) in [5, 5.41) is 9.15. The first-order valence-electron chi connectivity index (χ1n) is 3.22. The van der Waals surface area contributed by atoms with Gasteiger partial charge in [-0.05, 0) is 25.7 Å². The van der Waals surface area contributed by atoms with Crippen molar-refractivity contribution in [3.8, 4) is 0 Å². The van der Waals surface area contributed by atoms with Crippen molar-refractivity contribution in [1.82, 2.24) is 0 Å². The van der Waals surface area contributed by atoms with Gasteiger partial charge < -0.3 is 10.8 Å². The fraction of sp³-hybridized carbons (Fsp3) is 1.00. The van der Waals surface area contributed by atoms with Crippen molar-refractivity contribution < 1.29 is 5.11 Å². The molecule has 0 aromatic heterocycles. The summed E-state index contributed by atoms with van der Waals surface area (Å²) in [5.74, 6) is 0. The minimum absolute atomic E-state index is 0. The Bertz CT molecular complexity index is 77.1. The van der Waals surface area contributed by atoms with Gasteiger partial charge in [0, 0.05) is 0 Å². The molecule has 0 unspecified atom stereocenters. The highest BCUT2D eigenvalue weighted by atomic mass is 35.5. The van der Waals surface area contributed by atoms with E-state index in [0.717, 1.165) is 25.7 Å². The van der Waals surface area contributed by atoms with Crippen LogP contribution in [0.15, 0.2) is 0 Å². The summed E-state index contributed by atoms with van der Waals surface area (Å²) in [4.78, 5) is 0. The van der Waals surface area contributed by atoms with E-state index in [1.807, 2.05) is 0 Å². The predicted octanol–water partition coefficient (Wildman–Crippen LogP) is 1.02. The lowest BCUT2D eigenvalue weighted by Crippen LogP contribution is -2.40. The quantitative estimate of drug-likeness (QED) is 0.508. The van der Waals surface area contributed by atoms with E-state index in [9.17, 15) is 0 Å². The minimum Gasteiger partial charge on any atom is -0.376 e. The maximum atomic E-state index is 9.15. The zero-order chi connectivity index (χ0) is 6.04. The van der Waals surface area contributed by atoms with Crippen LogP contribution in [0.1, 0.15) is 32.1 Å². The lowest BCUT2D eigenvalue weighted by molar-refractivity contribution is 0.0103. The highest BCUT2D eigenvalue weighted by Gasteiger charge is 2.22. The summed E-state index contributed by atoms with van der Waals surface area (Å²) >= 11 is 0. The van der Waals surface area contributed by atoms with Gasteiger partial charge in [-0.3, -0.25) is 0 Å². The molecule has 0 heterocycles. The standard InChI is InChI=1S/C6H13NO.ClH/c7-6(8)4-2-1-3-5-6;/h8H,1-5,7H2;1H. The van der Waals surface area contributed by atoms with E-state index >= 15 is 0 Å². The van der Waals surface area contributed by atoms with Gasteiger partial charge in [0.15, 0.2) is 0 Å². The van der Waals surface area contributed by atoms with Gasteiger partial charge in [-0.15, -0.1) is 12.4 Å². The first-order chi connectivity index (χ1) is 3.71. The third-order valence-electron chi connectivity index (χ3n) is 1.72. The molecule has 0 radical (unpaired) electrons. The van der Waals surface area contributed by atoms with Crippen molar-refractivity contribution in [2.75, 3.05) is 0 Å². The molecule has 0 atom stereocenters. The van der Waals surface area contributed by atoms with Crippen LogP contribution in [0.25, 0.3) is 0 Å². The third kappa shape index (κ3) is 3.04.